The number of anilines is 1. The Labute approximate surface area is 154 Å². The van der Waals surface area contributed by atoms with E-state index in [0.29, 0.717) is 12.2 Å². The number of carbonyl (C=O) groups excluding carboxylic acids is 1. The number of pyridine rings is 1. The Balaban J connectivity index is 1.62. The molecule has 1 aliphatic carbocycles. The van der Waals surface area contributed by atoms with Gasteiger partial charge in [-0.3, -0.25) is 9.78 Å². The molecule has 0 spiro atoms. The number of nitrogens with zero attached hydrogens (tertiary/aromatic N) is 2. The van der Waals surface area contributed by atoms with Crippen molar-refractivity contribution in [1.82, 2.24) is 15.2 Å². The molecule has 1 aromatic carbocycles. The van der Waals surface area contributed by atoms with Gasteiger partial charge in [-0.25, -0.2) is 0 Å². The number of likely N-dealkylation sites (N-methyl/N-ethyl adjacent to an activating group) is 1. The third-order valence-corrected chi connectivity index (χ3v) is 4.75. The number of ether oxygens (including phenoxy) is 1. The Bertz CT molecular complexity index is 783. The maximum atomic E-state index is 11.9. The first-order valence-electron chi connectivity index (χ1n) is 9.19. The first kappa shape index (κ1) is 18.5. The van der Waals surface area contributed by atoms with Gasteiger partial charge in [-0.2, -0.15) is 0 Å². The Hall–Kier alpha value is -2.34. The first-order valence-corrected chi connectivity index (χ1v) is 9.19. The molecule has 26 heavy (non-hydrogen) atoms. The number of nitrogens with two attached hydrogens (primary N) is 1. The topological polar surface area (TPSA) is 80.5 Å². The van der Waals surface area contributed by atoms with Crippen molar-refractivity contribution in [2.24, 2.45) is 0 Å². The van der Waals surface area contributed by atoms with Crippen LogP contribution in [-0.4, -0.2) is 48.6 Å². The number of nitrogens with one attached hydrogen (secondary N) is 1. The second-order valence-corrected chi connectivity index (χ2v) is 7.40. The van der Waals surface area contributed by atoms with Gasteiger partial charge in [0.05, 0.1) is 23.6 Å². The summed E-state index contributed by atoms with van der Waals surface area (Å²) in [6.07, 6.45) is 3.84. The molecular weight excluding hydrogens is 328 g/mol. The largest absolute Gasteiger partial charge is 0.490 e. The van der Waals surface area contributed by atoms with Gasteiger partial charge in [0.1, 0.15) is 5.75 Å². The van der Waals surface area contributed by atoms with Crippen molar-refractivity contribution >= 4 is 22.5 Å². The zero-order valence-electron chi connectivity index (χ0n) is 15.8. The monoisotopic (exact) mass is 356 g/mol. The van der Waals surface area contributed by atoms with Gasteiger partial charge >= 0.3 is 0 Å². The Morgan fingerprint density at radius 3 is 2.73 bits per heavy atom. The van der Waals surface area contributed by atoms with Crippen molar-refractivity contribution in [1.29, 1.82) is 0 Å². The van der Waals surface area contributed by atoms with Crippen LogP contribution in [0.5, 0.6) is 5.75 Å². The summed E-state index contributed by atoms with van der Waals surface area (Å²) in [7, 11) is 3.80. The number of aryl methyl sites for hydroxylation is 1. The highest BCUT2D eigenvalue weighted by Gasteiger charge is 2.24. The molecule has 0 atom stereocenters. The van der Waals surface area contributed by atoms with Crippen molar-refractivity contribution in [2.45, 2.75) is 44.8 Å². The summed E-state index contributed by atoms with van der Waals surface area (Å²) in [6.45, 7) is 2.37. The van der Waals surface area contributed by atoms with Gasteiger partial charge in [-0.1, -0.05) is 6.07 Å². The van der Waals surface area contributed by atoms with Gasteiger partial charge in [0.2, 0.25) is 5.91 Å². The predicted octanol–water partition coefficient (Wildman–Crippen LogP) is 2.49. The average molecular weight is 356 g/mol. The molecule has 0 radical (unpaired) electrons. The number of benzene rings is 1. The number of fused-ring (bicyclic) bond motifs is 1. The lowest BCUT2D eigenvalue weighted by molar-refractivity contribution is -0.122. The lowest BCUT2D eigenvalue weighted by atomic mass is 9.93. The summed E-state index contributed by atoms with van der Waals surface area (Å²) >= 11 is 0. The molecule has 1 aliphatic rings. The number of hydrogen-bond donors (Lipinski definition) is 2. The molecule has 1 aromatic heterocycles. The van der Waals surface area contributed by atoms with E-state index in [2.05, 4.69) is 10.3 Å². The number of nitrogen functional groups attached to an aromatic ring is 1. The van der Waals surface area contributed by atoms with E-state index in [9.17, 15) is 4.79 Å². The van der Waals surface area contributed by atoms with Gasteiger partial charge in [0.25, 0.3) is 0 Å². The number of aromatic nitrogens is 1. The third kappa shape index (κ3) is 4.43. The van der Waals surface area contributed by atoms with Crippen LogP contribution in [0.15, 0.2) is 24.3 Å². The SMILES string of the molecule is Cc1cc(N)c2c(O[C@H]3CC[C@H](NC(=O)CN(C)C)CC3)cccc2n1. The van der Waals surface area contributed by atoms with Crippen LogP contribution in [0, 0.1) is 6.92 Å². The van der Waals surface area contributed by atoms with Gasteiger partial charge in [-0.15, -0.1) is 0 Å². The summed E-state index contributed by atoms with van der Waals surface area (Å²) < 4.78 is 6.27. The van der Waals surface area contributed by atoms with Crippen LogP contribution in [0.25, 0.3) is 10.9 Å². The van der Waals surface area contributed by atoms with Crippen molar-refractivity contribution in [3.8, 4) is 5.75 Å². The maximum Gasteiger partial charge on any atom is 0.234 e. The number of rotatable bonds is 5. The van der Waals surface area contributed by atoms with E-state index >= 15 is 0 Å². The predicted molar refractivity (Wildman–Crippen MR) is 104 cm³/mol. The number of amides is 1. The zero-order chi connectivity index (χ0) is 18.7. The van der Waals surface area contributed by atoms with Gasteiger partial charge < -0.3 is 20.7 Å². The van der Waals surface area contributed by atoms with Crippen LogP contribution >= 0.6 is 0 Å². The third-order valence-electron chi connectivity index (χ3n) is 4.75. The lowest BCUT2D eigenvalue weighted by Crippen LogP contribution is -2.43. The molecule has 0 saturated heterocycles. The Morgan fingerprint density at radius 2 is 2.04 bits per heavy atom. The summed E-state index contributed by atoms with van der Waals surface area (Å²) in [4.78, 5) is 18.3. The zero-order valence-corrected chi connectivity index (χ0v) is 15.8. The maximum absolute atomic E-state index is 11.9. The Kier molecular flexibility index (Phi) is 5.61. The van der Waals surface area contributed by atoms with Crippen LogP contribution in [0.1, 0.15) is 31.4 Å². The van der Waals surface area contributed by atoms with Crippen molar-refractivity contribution in [3.63, 3.8) is 0 Å². The van der Waals surface area contributed by atoms with Crippen LogP contribution in [-0.2, 0) is 4.79 Å². The quantitative estimate of drug-likeness (QED) is 0.860. The van der Waals surface area contributed by atoms with E-state index in [4.69, 9.17) is 10.5 Å². The molecule has 3 N–H and O–H groups in total. The van der Waals surface area contributed by atoms with E-state index in [1.807, 2.05) is 50.2 Å². The molecule has 1 fully saturated rings. The highest BCUT2D eigenvalue weighted by atomic mass is 16.5. The van der Waals surface area contributed by atoms with Crippen LogP contribution in [0.3, 0.4) is 0 Å². The van der Waals surface area contributed by atoms with E-state index < -0.39 is 0 Å². The molecular formula is C20H28N4O2. The fraction of sp³-hybridized carbons (Fsp3) is 0.500. The van der Waals surface area contributed by atoms with Crippen LogP contribution in [0.2, 0.25) is 0 Å². The fourth-order valence-electron chi connectivity index (χ4n) is 3.59. The smallest absolute Gasteiger partial charge is 0.234 e. The molecule has 1 saturated carbocycles. The summed E-state index contributed by atoms with van der Waals surface area (Å²) in [5, 5.41) is 4.00. The molecule has 140 valence electrons. The second kappa shape index (κ2) is 7.91. The van der Waals surface area contributed by atoms with Gasteiger partial charge in [0.15, 0.2) is 0 Å². The standard InChI is InChI=1S/C20H28N4O2/c1-13-11-16(21)20-17(22-13)5-4-6-18(20)26-15-9-7-14(8-10-15)23-19(25)12-24(2)3/h4-6,11,14-15H,7-10,12H2,1-3H3,(H2,21,22)(H,23,25)/t14-,15-. The average Bonchev–Trinajstić information content (AvgIpc) is 2.55. The Morgan fingerprint density at radius 1 is 1.31 bits per heavy atom. The summed E-state index contributed by atoms with van der Waals surface area (Å²) in [5.74, 6) is 0.884. The van der Waals surface area contributed by atoms with Crippen molar-refractivity contribution in [2.75, 3.05) is 26.4 Å². The molecule has 1 amide bonds. The van der Waals surface area contributed by atoms with E-state index in [1.165, 1.54) is 0 Å². The van der Waals surface area contributed by atoms with E-state index in [-0.39, 0.29) is 18.1 Å². The van der Waals surface area contributed by atoms with Crippen LogP contribution < -0.4 is 15.8 Å². The van der Waals surface area contributed by atoms with E-state index in [0.717, 1.165) is 48.0 Å². The molecule has 2 aromatic rings. The normalized spacial score (nSPS) is 20.3. The van der Waals surface area contributed by atoms with Crippen molar-refractivity contribution < 1.29 is 9.53 Å². The minimum atomic E-state index is 0.0858. The minimum Gasteiger partial charge on any atom is -0.490 e. The molecule has 1 heterocycles. The highest BCUT2D eigenvalue weighted by molar-refractivity contribution is 5.95. The molecule has 6 nitrogen and oxygen atoms in total. The summed E-state index contributed by atoms with van der Waals surface area (Å²) in [5.41, 5.74) is 8.68. The first-order chi connectivity index (χ1) is 12.4. The molecule has 3 rings (SSSR count). The molecule has 0 bridgehead atoms. The second-order valence-electron chi connectivity index (χ2n) is 7.40. The fourth-order valence-corrected chi connectivity index (χ4v) is 3.59. The van der Waals surface area contributed by atoms with E-state index in [1.54, 1.807) is 0 Å². The highest BCUT2D eigenvalue weighted by Crippen LogP contribution is 2.33. The number of carbonyl (C=O) groups is 1. The molecule has 0 unspecified atom stereocenters. The minimum absolute atomic E-state index is 0.0858. The molecule has 6 heteroatoms. The lowest BCUT2D eigenvalue weighted by Gasteiger charge is -2.30. The van der Waals surface area contributed by atoms with Crippen LogP contribution in [0.4, 0.5) is 5.69 Å². The number of hydrogen-bond acceptors (Lipinski definition) is 5. The summed E-state index contributed by atoms with van der Waals surface area (Å²) in [6, 6.07) is 8.00. The van der Waals surface area contributed by atoms with Gasteiger partial charge in [-0.05, 0) is 64.9 Å². The van der Waals surface area contributed by atoms with Gasteiger partial charge in [0, 0.05) is 17.4 Å². The van der Waals surface area contributed by atoms with Crippen molar-refractivity contribution in [3.05, 3.63) is 30.0 Å². The molecule has 0 aliphatic heterocycles.